The van der Waals surface area contributed by atoms with E-state index in [1.54, 1.807) is 12.1 Å². The van der Waals surface area contributed by atoms with E-state index in [0.29, 0.717) is 18.1 Å². The molecule has 92 valence electrons. The monoisotopic (exact) mass is 298 g/mol. The van der Waals surface area contributed by atoms with Crippen molar-refractivity contribution in [3.8, 4) is 0 Å². The van der Waals surface area contributed by atoms with Crippen LogP contribution >= 0.6 is 15.9 Å². The van der Waals surface area contributed by atoms with E-state index in [0.717, 1.165) is 6.42 Å². The minimum absolute atomic E-state index is 0.00189. The summed E-state index contributed by atoms with van der Waals surface area (Å²) >= 11 is 3.43. The van der Waals surface area contributed by atoms with Gasteiger partial charge in [0.15, 0.2) is 0 Å². The number of hydrogen-bond acceptors (Lipinski definition) is 3. The highest BCUT2D eigenvalue weighted by molar-refractivity contribution is 9.09. The molecule has 1 aliphatic rings. The van der Waals surface area contributed by atoms with Gasteiger partial charge in [-0.2, -0.15) is 0 Å². The summed E-state index contributed by atoms with van der Waals surface area (Å²) in [6.07, 6.45) is 0.917. The molecule has 0 radical (unpaired) electrons. The van der Waals surface area contributed by atoms with Gasteiger partial charge in [-0.3, -0.25) is 0 Å². The fraction of sp³-hybridized carbons (Fsp3) is 0.462. The van der Waals surface area contributed by atoms with E-state index in [4.69, 9.17) is 9.47 Å². The average Bonchev–Trinajstić information content (AvgIpc) is 2.67. The van der Waals surface area contributed by atoms with Crippen molar-refractivity contribution >= 4 is 21.9 Å². The first kappa shape index (κ1) is 12.6. The summed E-state index contributed by atoms with van der Waals surface area (Å²) in [6.45, 7) is 2.43. The molecule has 0 unspecified atom stereocenters. The lowest BCUT2D eigenvalue weighted by Gasteiger charge is -2.10. The second kappa shape index (κ2) is 5.65. The predicted molar refractivity (Wildman–Crippen MR) is 68.1 cm³/mol. The summed E-state index contributed by atoms with van der Waals surface area (Å²) in [5.74, 6) is 0.162. The van der Waals surface area contributed by atoms with Crippen molar-refractivity contribution < 1.29 is 14.3 Å². The molecule has 0 saturated carbocycles. The van der Waals surface area contributed by atoms with Gasteiger partial charge in [0.2, 0.25) is 0 Å². The van der Waals surface area contributed by atoms with Gasteiger partial charge in [0.05, 0.1) is 11.7 Å². The van der Waals surface area contributed by atoms with Gasteiger partial charge >= 0.3 is 5.97 Å². The van der Waals surface area contributed by atoms with Crippen LogP contribution in [0.2, 0.25) is 0 Å². The molecule has 0 bridgehead atoms. The molecule has 1 saturated heterocycles. The standard InChI is InChI=1S/C13H15BrO3/c1-9-7-11(17-12(9)14)8-16-13(15)10-5-3-2-4-6-10/h2-6,9,11-12H,7-8H2,1H3/t9-,11-,12-/m0/s1. The fourth-order valence-electron chi connectivity index (χ4n) is 1.83. The molecule has 1 fully saturated rings. The van der Waals surface area contributed by atoms with Gasteiger partial charge in [-0.25, -0.2) is 4.79 Å². The van der Waals surface area contributed by atoms with Gasteiger partial charge in [-0.05, 0) is 24.5 Å². The quantitative estimate of drug-likeness (QED) is 0.636. The van der Waals surface area contributed by atoms with Crippen LogP contribution in [0.15, 0.2) is 30.3 Å². The van der Waals surface area contributed by atoms with Gasteiger partial charge in [0, 0.05) is 0 Å². The second-order valence-corrected chi connectivity index (χ2v) is 5.19. The molecule has 1 aliphatic heterocycles. The maximum absolute atomic E-state index is 11.7. The smallest absolute Gasteiger partial charge is 0.338 e. The first-order valence-electron chi connectivity index (χ1n) is 5.68. The summed E-state index contributed by atoms with van der Waals surface area (Å²) in [5, 5.41) is 0.0722. The summed E-state index contributed by atoms with van der Waals surface area (Å²) in [7, 11) is 0. The first-order chi connectivity index (χ1) is 8.16. The van der Waals surface area contributed by atoms with E-state index < -0.39 is 0 Å². The zero-order valence-electron chi connectivity index (χ0n) is 9.64. The lowest BCUT2D eigenvalue weighted by atomic mass is 10.1. The Balaban J connectivity index is 1.81. The van der Waals surface area contributed by atoms with Crippen LogP contribution in [0.4, 0.5) is 0 Å². The molecule has 0 amide bonds. The average molecular weight is 299 g/mol. The molecule has 0 aliphatic carbocycles. The Bertz CT molecular complexity index is 370. The number of benzene rings is 1. The van der Waals surface area contributed by atoms with Crippen LogP contribution in [0.5, 0.6) is 0 Å². The van der Waals surface area contributed by atoms with Gasteiger partial charge in [-0.15, -0.1) is 0 Å². The number of ether oxygens (including phenoxy) is 2. The van der Waals surface area contributed by atoms with Crippen LogP contribution in [0.1, 0.15) is 23.7 Å². The molecule has 2 rings (SSSR count). The SMILES string of the molecule is C[C@H]1C[C@@H](COC(=O)c2ccccc2)O[C@@H]1Br. The normalized spacial score (nSPS) is 28.0. The summed E-state index contributed by atoms with van der Waals surface area (Å²) in [6, 6.07) is 8.99. The molecular formula is C13H15BrO3. The number of alkyl halides is 1. The van der Waals surface area contributed by atoms with Crippen molar-refractivity contribution in [1.82, 2.24) is 0 Å². The Kier molecular flexibility index (Phi) is 4.18. The lowest BCUT2D eigenvalue weighted by Crippen LogP contribution is -2.18. The minimum Gasteiger partial charge on any atom is -0.459 e. The van der Waals surface area contributed by atoms with Crippen molar-refractivity contribution in [3.63, 3.8) is 0 Å². The van der Waals surface area contributed by atoms with Crippen LogP contribution in [0.3, 0.4) is 0 Å². The molecule has 3 atom stereocenters. The van der Waals surface area contributed by atoms with Gasteiger partial charge in [-0.1, -0.05) is 41.1 Å². The Morgan fingerprint density at radius 2 is 2.18 bits per heavy atom. The summed E-state index contributed by atoms with van der Waals surface area (Å²) < 4.78 is 10.8. The Labute approximate surface area is 109 Å². The number of rotatable bonds is 3. The van der Waals surface area contributed by atoms with E-state index in [2.05, 4.69) is 22.9 Å². The summed E-state index contributed by atoms with van der Waals surface area (Å²) in [5.41, 5.74) is 0.578. The molecular weight excluding hydrogens is 284 g/mol. The number of halogens is 1. The van der Waals surface area contributed by atoms with Crippen molar-refractivity contribution in [2.75, 3.05) is 6.61 Å². The molecule has 0 aromatic heterocycles. The Morgan fingerprint density at radius 1 is 1.47 bits per heavy atom. The van der Waals surface area contributed by atoms with Crippen LogP contribution in [-0.2, 0) is 9.47 Å². The van der Waals surface area contributed by atoms with E-state index in [-0.39, 0.29) is 17.1 Å². The lowest BCUT2D eigenvalue weighted by molar-refractivity contribution is 0.0112. The van der Waals surface area contributed by atoms with Crippen LogP contribution < -0.4 is 0 Å². The Morgan fingerprint density at radius 3 is 2.76 bits per heavy atom. The van der Waals surface area contributed by atoms with Crippen LogP contribution in [0.25, 0.3) is 0 Å². The third kappa shape index (κ3) is 3.30. The highest BCUT2D eigenvalue weighted by Crippen LogP contribution is 2.30. The van der Waals surface area contributed by atoms with Crippen molar-refractivity contribution in [2.24, 2.45) is 5.92 Å². The van der Waals surface area contributed by atoms with Gasteiger partial charge < -0.3 is 9.47 Å². The van der Waals surface area contributed by atoms with Crippen molar-refractivity contribution in [3.05, 3.63) is 35.9 Å². The molecule has 1 heterocycles. The fourth-order valence-corrected chi connectivity index (χ4v) is 2.35. The second-order valence-electron chi connectivity index (χ2n) is 4.29. The minimum atomic E-state index is -0.292. The zero-order chi connectivity index (χ0) is 12.3. The number of carbonyl (C=O) groups excluding carboxylic acids is 1. The molecule has 0 spiro atoms. The van der Waals surface area contributed by atoms with Gasteiger partial charge in [0.1, 0.15) is 11.6 Å². The highest BCUT2D eigenvalue weighted by Gasteiger charge is 2.30. The molecule has 3 nitrogen and oxygen atoms in total. The maximum Gasteiger partial charge on any atom is 0.338 e. The highest BCUT2D eigenvalue weighted by atomic mass is 79.9. The van der Waals surface area contributed by atoms with Crippen LogP contribution in [-0.4, -0.2) is 23.7 Å². The maximum atomic E-state index is 11.7. The van der Waals surface area contributed by atoms with Crippen molar-refractivity contribution in [2.45, 2.75) is 24.5 Å². The van der Waals surface area contributed by atoms with E-state index in [9.17, 15) is 4.79 Å². The topological polar surface area (TPSA) is 35.5 Å². The predicted octanol–water partition coefficient (Wildman–Crippen LogP) is 2.99. The third-order valence-corrected chi connectivity index (χ3v) is 3.93. The van der Waals surface area contributed by atoms with E-state index in [1.165, 1.54) is 0 Å². The molecule has 17 heavy (non-hydrogen) atoms. The van der Waals surface area contributed by atoms with E-state index >= 15 is 0 Å². The number of carbonyl (C=O) groups is 1. The van der Waals surface area contributed by atoms with Gasteiger partial charge in [0.25, 0.3) is 0 Å². The zero-order valence-corrected chi connectivity index (χ0v) is 11.2. The molecule has 0 N–H and O–H groups in total. The molecule has 1 aromatic carbocycles. The number of esters is 1. The third-order valence-electron chi connectivity index (χ3n) is 2.81. The number of hydrogen-bond donors (Lipinski definition) is 0. The first-order valence-corrected chi connectivity index (χ1v) is 6.60. The summed E-state index contributed by atoms with van der Waals surface area (Å²) in [4.78, 5) is 11.7. The van der Waals surface area contributed by atoms with Crippen molar-refractivity contribution in [1.29, 1.82) is 0 Å². The Hall–Kier alpha value is -0.870. The van der Waals surface area contributed by atoms with E-state index in [1.807, 2.05) is 18.2 Å². The molecule has 4 heteroatoms. The molecule has 1 aromatic rings. The van der Waals surface area contributed by atoms with Crippen LogP contribution in [0, 0.1) is 5.92 Å². The largest absolute Gasteiger partial charge is 0.459 e.